The minimum absolute atomic E-state index is 0.252. The van der Waals surface area contributed by atoms with Crippen molar-refractivity contribution in [3.05, 3.63) is 0 Å². The Labute approximate surface area is 107 Å². The van der Waals surface area contributed by atoms with Crippen molar-refractivity contribution in [2.24, 2.45) is 0 Å². The van der Waals surface area contributed by atoms with Gasteiger partial charge in [0.05, 0.1) is 24.9 Å². The predicted octanol–water partition coefficient (Wildman–Crippen LogP) is -0.801. The zero-order chi connectivity index (χ0) is 13.0. The second-order valence-corrected chi connectivity index (χ2v) is 4.19. The Kier molecular flexibility index (Phi) is 4.28. The second kappa shape index (κ2) is 5.94. The first-order valence-electron chi connectivity index (χ1n) is 5.37. The van der Waals surface area contributed by atoms with Crippen LogP contribution >= 0.6 is 11.7 Å². The highest BCUT2D eigenvalue weighted by atomic mass is 32.1. The van der Waals surface area contributed by atoms with Gasteiger partial charge in [-0.2, -0.15) is 4.37 Å². The zero-order valence-electron chi connectivity index (χ0n) is 9.48. The predicted molar refractivity (Wildman–Crippen MR) is 62.1 cm³/mol. The maximum absolute atomic E-state index is 10.5. The van der Waals surface area contributed by atoms with Gasteiger partial charge in [0.15, 0.2) is 6.10 Å². The van der Waals surface area contributed by atoms with Crippen molar-refractivity contribution in [1.82, 2.24) is 8.75 Å². The molecule has 0 aromatic carbocycles. The lowest BCUT2D eigenvalue weighted by molar-refractivity contribution is -0.148. The highest BCUT2D eigenvalue weighted by Gasteiger charge is 2.21. The van der Waals surface area contributed by atoms with Crippen LogP contribution in [0.5, 0.6) is 5.88 Å². The Hall–Kier alpha value is -1.45. The van der Waals surface area contributed by atoms with Gasteiger partial charge in [-0.15, -0.1) is 4.37 Å². The van der Waals surface area contributed by atoms with Crippen molar-refractivity contribution in [2.75, 3.05) is 37.8 Å². The van der Waals surface area contributed by atoms with Crippen LogP contribution in [0.3, 0.4) is 0 Å². The summed E-state index contributed by atoms with van der Waals surface area (Å²) in [5, 5.41) is 17.7. The number of aliphatic hydroxyl groups excluding tert-OH is 1. The van der Waals surface area contributed by atoms with Gasteiger partial charge >= 0.3 is 5.97 Å². The lowest BCUT2D eigenvalue weighted by Gasteiger charge is -2.26. The highest BCUT2D eigenvalue weighted by Crippen LogP contribution is 2.26. The van der Waals surface area contributed by atoms with Gasteiger partial charge in [-0.1, -0.05) is 0 Å². The first kappa shape index (κ1) is 13.0. The first-order valence-corrected chi connectivity index (χ1v) is 6.10. The van der Waals surface area contributed by atoms with Crippen LogP contribution < -0.4 is 9.64 Å². The Balaban J connectivity index is 1.96. The van der Waals surface area contributed by atoms with Crippen LogP contribution in [0, 0.1) is 0 Å². The third-order valence-corrected chi connectivity index (χ3v) is 2.92. The molecule has 18 heavy (non-hydrogen) atoms. The SMILES string of the molecule is O=C(O)[C@H](O)COc1nsnc1N1CCOCC1. The van der Waals surface area contributed by atoms with Gasteiger partial charge in [0.25, 0.3) is 5.88 Å². The summed E-state index contributed by atoms with van der Waals surface area (Å²) in [6.45, 7) is 2.23. The molecule has 1 fully saturated rings. The molecule has 1 atom stereocenters. The number of nitrogens with zero attached hydrogens (tertiary/aromatic N) is 3. The van der Waals surface area contributed by atoms with E-state index in [-0.39, 0.29) is 12.5 Å². The Morgan fingerprint density at radius 2 is 2.22 bits per heavy atom. The number of hydrogen-bond acceptors (Lipinski definition) is 8. The molecule has 1 saturated heterocycles. The maximum atomic E-state index is 10.5. The lowest BCUT2D eigenvalue weighted by atomic mass is 10.4. The fourth-order valence-electron chi connectivity index (χ4n) is 1.46. The molecule has 0 unspecified atom stereocenters. The monoisotopic (exact) mass is 275 g/mol. The zero-order valence-corrected chi connectivity index (χ0v) is 10.3. The first-order chi connectivity index (χ1) is 8.68. The summed E-state index contributed by atoms with van der Waals surface area (Å²) in [7, 11) is 0. The van der Waals surface area contributed by atoms with Gasteiger partial charge in [0.1, 0.15) is 6.61 Å². The van der Waals surface area contributed by atoms with E-state index in [0.29, 0.717) is 32.1 Å². The average Bonchev–Trinajstić information content (AvgIpc) is 2.85. The third kappa shape index (κ3) is 3.06. The van der Waals surface area contributed by atoms with Crippen molar-refractivity contribution in [3.8, 4) is 5.88 Å². The molecular formula is C9H13N3O5S. The van der Waals surface area contributed by atoms with E-state index in [1.165, 1.54) is 0 Å². The van der Waals surface area contributed by atoms with E-state index in [4.69, 9.17) is 19.7 Å². The molecule has 2 rings (SSSR count). The van der Waals surface area contributed by atoms with E-state index >= 15 is 0 Å². The number of morpholine rings is 1. The number of hydrogen-bond donors (Lipinski definition) is 2. The highest BCUT2D eigenvalue weighted by molar-refractivity contribution is 6.99. The summed E-state index contributed by atoms with van der Waals surface area (Å²) in [5.74, 6) is -0.505. The summed E-state index contributed by atoms with van der Waals surface area (Å²) in [6, 6.07) is 0. The molecular weight excluding hydrogens is 262 g/mol. The molecule has 2 N–H and O–H groups in total. The normalized spacial score (nSPS) is 17.5. The molecule has 1 aromatic rings. The minimum atomic E-state index is -1.57. The van der Waals surface area contributed by atoms with Crippen molar-refractivity contribution in [2.45, 2.75) is 6.10 Å². The number of carboxylic acid groups (broad SMARTS) is 1. The number of rotatable bonds is 5. The fourth-order valence-corrected chi connectivity index (χ4v) is 1.98. The minimum Gasteiger partial charge on any atom is -0.479 e. The molecule has 0 radical (unpaired) electrons. The molecule has 9 heteroatoms. The van der Waals surface area contributed by atoms with Gasteiger partial charge in [-0.25, -0.2) is 4.79 Å². The van der Waals surface area contributed by atoms with Crippen LogP contribution in [0.25, 0.3) is 0 Å². The molecule has 1 aliphatic rings. The summed E-state index contributed by atoms with van der Waals surface area (Å²) in [5.41, 5.74) is 0. The number of aliphatic hydroxyl groups is 1. The quantitative estimate of drug-likeness (QED) is 0.719. The standard InChI is InChI=1S/C9H13N3O5S/c13-6(9(14)15)5-17-8-7(10-18-11-8)12-1-3-16-4-2-12/h6,13H,1-5H2,(H,14,15)/t6-/m1/s1. The van der Waals surface area contributed by atoms with Gasteiger partial charge in [-0.05, 0) is 0 Å². The van der Waals surface area contributed by atoms with Gasteiger partial charge in [0, 0.05) is 13.1 Å². The number of anilines is 1. The van der Waals surface area contributed by atoms with E-state index in [2.05, 4.69) is 8.75 Å². The van der Waals surface area contributed by atoms with Crippen LogP contribution in [0.15, 0.2) is 0 Å². The van der Waals surface area contributed by atoms with Gasteiger partial charge in [0.2, 0.25) is 5.82 Å². The van der Waals surface area contributed by atoms with E-state index in [9.17, 15) is 4.79 Å². The van der Waals surface area contributed by atoms with Crippen LogP contribution in [-0.4, -0.2) is 63.9 Å². The Morgan fingerprint density at radius 1 is 1.50 bits per heavy atom. The van der Waals surface area contributed by atoms with Crippen molar-refractivity contribution >= 4 is 23.5 Å². The largest absolute Gasteiger partial charge is 0.479 e. The molecule has 1 aromatic heterocycles. The van der Waals surface area contributed by atoms with E-state index < -0.39 is 12.1 Å². The summed E-state index contributed by atoms with van der Waals surface area (Å²) in [6.07, 6.45) is -1.57. The van der Waals surface area contributed by atoms with E-state index in [1.54, 1.807) is 0 Å². The number of carboxylic acids is 1. The molecule has 0 spiro atoms. The Morgan fingerprint density at radius 3 is 2.89 bits per heavy atom. The molecule has 0 aliphatic carbocycles. The maximum Gasteiger partial charge on any atom is 0.336 e. The van der Waals surface area contributed by atoms with Gasteiger partial charge < -0.3 is 24.6 Å². The summed E-state index contributed by atoms with van der Waals surface area (Å²) in [4.78, 5) is 12.4. The summed E-state index contributed by atoms with van der Waals surface area (Å²) >= 11 is 0.983. The van der Waals surface area contributed by atoms with Crippen molar-refractivity contribution < 1.29 is 24.5 Å². The number of aromatic nitrogens is 2. The summed E-state index contributed by atoms with van der Waals surface area (Å²) < 4.78 is 18.5. The number of ether oxygens (including phenoxy) is 2. The second-order valence-electron chi connectivity index (χ2n) is 3.66. The number of aliphatic carboxylic acids is 1. The molecule has 1 aliphatic heterocycles. The van der Waals surface area contributed by atoms with E-state index in [1.807, 2.05) is 4.90 Å². The smallest absolute Gasteiger partial charge is 0.336 e. The molecule has 0 bridgehead atoms. The lowest BCUT2D eigenvalue weighted by Crippen LogP contribution is -2.37. The third-order valence-electron chi connectivity index (χ3n) is 2.42. The molecule has 2 heterocycles. The average molecular weight is 275 g/mol. The Bertz CT molecular complexity index is 407. The molecule has 8 nitrogen and oxygen atoms in total. The molecule has 0 saturated carbocycles. The van der Waals surface area contributed by atoms with Crippen LogP contribution in [0.1, 0.15) is 0 Å². The molecule has 100 valence electrons. The van der Waals surface area contributed by atoms with Crippen molar-refractivity contribution in [3.63, 3.8) is 0 Å². The van der Waals surface area contributed by atoms with Crippen molar-refractivity contribution in [1.29, 1.82) is 0 Å². The number of carbonyl (C=O) groups is 1. The van der Waals surface area contributed by atoms with Crippen LogP contribution in [0.2, 0.25) is 0 Å². The topological polar surface area (TPSA) is 105 Å². The van der Waals surface area contributed by atoms with Gasteiger partial charge in [-0.3, -0.25) is 0 Å². The van der Waals surface area contributed by atoms with Crippen LogP contribution in [0.4, 0.5) is 5.82 Å². The molecule has 0 amide bonds. The van der Waals surface area contributed by atoms with E-state index in [0.717, 1.165) is 11.7 Å². The van der Waals surface area contributed by atoms with Crippen LogP contribution in [-0.2, 0) is 9.53 Å². The fraction of sp³-hybridized carbons (Fsp3) is 0.667.